The van der Waals surface area contributed by atoms with E-state index < -0.39 is 34.1 Å². The number of carbonyl (C=O) groups excluding carboxylic acids is 2. The fraction of sp³-hybridized carbons (Fsp3) is 0.278. The zero-order valence-electron chi connectivity index (χ0n) is 26.7. The van der Waals surface area contributed by atoms with E-state index in [0.717, 1.165) is 25.5 Å². The number of amides is 2. The number of anilines is 1. The van der Waals surface area contributed by atoms with Crippen LogP contribution in [0.4, 0.5) is 5.69 Å². The van der Waals surface area contributed by atoms with Gasteiger partial charge in [0.05, 0.1) is 17.7 Å². The summed E-state index contributed by atoms with van der Waals surface area (Å²) in [7, 11) is -2.67. The van der Waals surface area contributed by atoms with Crippen LogP contribution in [-0.4, -0.2) is 50.4 Å². The molecule has 4 rings (SSSR count). The largest absolute Gasteiger partial charge is 0.497 e. The fourth-order valence-corrected chi connectivity index (χ4v) is 6.59. The van der Waals surface area contributed by atoms with E-state index in [4.69, 9.17) is 4.74 Å². The SMILES string of the molecule is COc1ccc(N(CC(=O)N(Cc2ccc(Br)cc2)[C@@H](Cc2ccccc2)C(=O)NC(C)(C)C)S(=O)(=O)c2ccc(C)cc2)cc1. The number of nitrogens with one attached hydrogen (secondary N) is 1. The molecule has 0 saturated heterocycles. The molecule has 0 aliphatic rings. The summed E-state index contributed by atoms with van der Waals surface area (Å²) in [5.41, 5.74) is 2.28. The molecule has 0 fully saturated rings. The Morgan fingerprint density at radius 2 is 1.46 bits per heavy atom. The maximum atomic E-state index is 14.6. The Morgan fingerprint density at radius 1 is 0.848 bits per heavy atom. The molecule has 0 unspecified atom stereocenters. The van der Waals surface area contributed by atoms with E-state index in [1.807, 2.05) is 82.3 Å². The Labute approximate surface area is 280 Å². The minimum atomic E-state index is -4.19. The van der Waals surface area contributed by atoms with Gasteiger partial charge in [-0.25, -0.2) is 8.42 Å². The lowest BCUT2D eigenvalue weighted by atomic mass is 10.0. The molecular formula is C36H40BrN3O5S. The Bertz CT molecular complexity index is 1720. The lowest BCUT2D eigenvalue weighted by molar-refractivity contribution is -0.140. The summed E-state index contributed by atoms with van der Waals surface area (Å²) >= 11 is 3.46. The van der Waals surface area contributed by atoms with Crippen molar-refractivity contribution in [3.63, 3.8) is 0 Å². The summed E-state index contributed by atoms with van der Waals surface area (Å²) in [5, 5.41) is 3.04. The lowest BCUT2D eigenvalue weighted by Crippen LogP contribution is -2.56. The zero-order chi connectivity index (χ0) is 33.5. The van der Waals surface area contributed by atoms with Crippen LogP contribution < -0.4 is 14.4 Å². The monoisotopic (exact) mass is 705 g/mol. The topological polar surface area (TPSA) is 96.0 Å². The molecule has 2 amide bonds. The van der Waals surface area contributed by atoms with Crippen molar-refractivity contribution in [1.82, 2.24) is 10.2 Å². The average Bonchev–Trinajstić information content (AvgIpc) is 3.02. The fourth-order valence-electron chi connectivity index (χ4n) is 4.91. The molecule has 0 spiro atoms. The van der Waals surface area contributed by atoms with E-state index in [0.29, 0.717) is 5.75 Å². The number of methoxy groups -OCH3 is 1. The molecule has 4 aromatic rings. The summed E-state index contributed by atoms with van der Waals surface area (Å²) < 4.78 is 35.6. The van der Waals surface area contributed by atoms with Crippen LogP contribution in [0.5, 0.6) is 5.75 Å². The second-order valence-corrected chi connectivity index (χ2v) is 14.9. The van der Waals surface area contributed by atoms with Crippen LogP contribution in [0.3, 0.4) is 0 Å². The number of benzene rings is 4. The smallest absolute Gasteiger partial charge is 0.264 e. The number of sulfonamides is 1. The van der Waals surface area contributed by atoms with Gasteiger partial charge in [0.25, 0.3) is 10.0 Å². The predicted octanol–water partition coefficient (Wildman–Crippen LogP) is 6.52. The zero-order valence-corrected chi connectivity index (χ0v) is 29.1. The number of hydrogen-bond acceptors (Lipinski definition) is 5. The molecule has 0 radical (unpaired) electrons. The van der Waals surface area contributed by atoms with E-state index in [9.17, 15) is 18.0 Å². The summed E-state index contributed by atoms with van der Waals surface area (Å²) in [4.78, 5) is 30.1. The molecule has 10 heteroatoms. The third kappa shape index (κ3) is 9.20. The Balaban J connectivity index is 1.81. The van der Waals surface area contributed by atoms with Crippen LogP contribution in [0.25, 0.3) is 0 Å². The number of halogens is 1. The highest BCUT2D eigenvalue weighted by atomic mass is 79.9. The molecule has 0 saturated carbocycles. The highest BCUT2D eigenvalue weighted by Gasteiger charge is 2.35. The molecule has 4 aromatic carbocycles. The van der Waals surface area contributed by atoms with Gasteiger partial charge in [-0.05, 0) is 87.4 Å². The van der Waals surface area contributed by atoms with Gasteiger partial charge in [-0.1, -0.05) is 76.1 Å². The number of hydrogen-bond donors (Lipinski definition) is 1. The number of nitrogens with zero attached hydrogens (tertiary/aromatic N) is 2. The molecule has 0 aliphatic carbocycles. The third-order valence-electron chi connectivity index (χ3n) is 7.28. The van der Waals surface area contributed by atoms with E-state index in [1.165, 1.54) is 24.1 Å². The Morgan fingerprint density at radius 3 is 2.02 bits per heavy atom. The molecule has 0 aliphatic heterocycles. The third-order valence-corrected chi connectivity index (χ3v) is 9.60. The van der Waals surface area contributed by atoms with Crippen LogP contribution in [0.15, 0.2) is 112 Å². The van der Waals surface area contributed by atoms with Crippen molar-refractivity contribution in [2.45, 2.75) is 57.1 Å². The maximum Gasteiger partial charge on any atom is 0.264 e. The summed E-state index contributed by atoms with van der Waals surface area (Å²) in [6.45, 7) is 7.06. The van der Waals surface area contributed by atoms with Crippen molar-refractivity contribution in [3.05, 3.63) is 124 Å². The summed E-state index contributed by atoms with van der Waals surface area (Å²) in [6.07, 6.45) is 0.234. The van der Waals surface area contributed by atoms with Crippen LogP contribution in [0, 0.1) is 6.92 Å². The van der Waals surface area contributed by atoms with E-state index in [2.05, 4.69) is 21.2 Å². The van der Waals surface area contributed by atoms with Gasteiger partial charge in [0.2, 0.25) is 11.8 Å². The number of aryl methyl sites for hydroxylation is 1. The van der Waals surface area contributed by atoms with Gasteiger partial charge in [-0.3, -0.25) is 13.9 Å². The van der Waals surface area contributed by atoms with Gasteiger partial charge in [0.1, 0.15) is 18.3 Å². The second kappa shape index (κ2) is 15.0. The van der Waals surface area contributed by atoms with Gasteiger partial charge in [-0.15, -0.1) is 0 Å². The average molecular weight is 707 g/mol. The molecule has 1 N–H and O–H groups in total. The summed E-state index contributed by atoms with van der Waals surface area (Å²) in [6, 6.07) is 29.0. The minimum absolute atomic E-state index is 0.0486. The van der Waals surface area contributed by atoms with Crippen molar-refractivity contribution in [2.75, 3.05) is 18.0 Å². The van der Waals surface area contributed by atoms with Gasteiger partial charge < -0.3 is 15.0 Å². The molecule has 0 aromatic heterocycles. The van der Waals surface area contributed by atoms with Crippen molar-refractivity contribution in [1.29, 1.82) is 0 Å². The molecule has 0 heterocycles. The Hall–Kier alpha value is -4.15. The molecular weight excluding hydrogens is 666 g/mol. The molecule has 1 atom stereocenters. The lowest BCUT2D eigenvalue weighted by Gasteiger charge is -2.35. The molecule has 8 nitrogen and oxygen atoms in total. The van der Waals surface area contributed by atoms with Crippen molar-refractivity contribution in [3.8, 4) is 5.75 Å². The first-order valence-electron chi connectivity index (χ1n) is 14.9. The van der Waals surface area contributed by atoms with Gasteiger partial charge in [0, 0.05) is 23.0 Å². The van der Waals surface area contributed by atoms with Gasteiger partial charge in [-0.2, -0.15) is 0 Å². The van der Waals surface area contributed by atoms with Crippen molar-refractivity contribution >= 4 is 43.5 Å². The van der Waals surface area contributed by atoms with Crippen LogP contribution in [0.1, 0.15) is 37.5 Å². The van der Waals surface area contributed by atoms with Crippen LogP contribution in [-0.2, 0) is 32.6 Å². The number of ether oxygens (including phenoxy) is 1. The normalized spacial score (nSPS) is 12.2. The maximum absolute atomic E-state index is 14.6. The molecule has 242 valence electrons. The second-order valence-electron chi connectivity index (χ2n) is 12.1. The molecule has 46 heavy (non-hydrogen) atoms. The number of rotatable bonds is 12. The summed E-state index contributed by atoms with van der Waals surface area (Å²) in [5.74, 6) is -0.319. The number of carbonyl (C=O) groups is 2. The van der Waals surface area contributed by atoms with E-state index >= 15 is 0 Å². The first-order chi connectivity index (χ1) is 21.8. The van der Waals surface area contributed by atoms with Crippen molar-refractivity contribution in [2.24, 2.45) is 0 Å². The molecule has 0 bridgehead atoms. The van der Waals surface area contributed by atoms with Gasteiger partial charge in [0.15, 0.2) is 0 Å². The quantitative estimate of drug-likeness (QED) is 0.181. The minimum Gasteiger partial charge on any atom is -0.497 e. The van der Waals surface area contributed by atoms with E-state index in [-0.39, 0.29) is 29.5 Å². The first kappa shape index (κ1) is 34.7. The highest BCUT2D eigenvalue weighted by molar-refractivity contribution is 9.10. The van der Waals surface area contributed by atoms with E-state index in [1.54, 1.807) is 36.4 Å². The predicted molar refractivity (Wildman–Crippen MR) is 185 cm³/mol. The van der Waals surface area contributed by atoms with Crippen LogP contribution >= 0.6 is 15.9 Å². The Kier molecular flexibility index (Phi) is 11.3. The van der Waals surface area contributed by atoms with Crippen LogP contribution in [0.2, 0.25) is 0 Å². The standard InChI is InChI=1S/C36H40BrN3O5S/c1-26-11-21-32(22-12-26)46(43,44)40(30-17-19-31(45-5)20-18-30)25-34(41)39(24-28-13-15-29(37)16-14-28)33(35(42)38-36(2,3)4)23-27-9-7-6-8-10-27/h6-22,33H,23-25H2,1-5H3,(H,38,42)/t33-/m0/s1. The first-order valence-corrected chi connectivity index (χ1v) is 17.1. The highest BCUT2D eigenvalue weighted by Crippen LogP contribution is 2.27. The van der Waals surface area contributed by atoms with Crippen molar-refractivity contribution < 1.29 is 22.7 Å². The van der Waals surface area contributed by atoms with Gasteiger partial charge >= 0.3 is 0 Å².